The number of ether oxygens (including phenoxy) is 3. The highest BCUT2D eigenvalue weighted by Gasteiger charge is 2.25. The number of hydrogen-bond acceptors (Lipinski definition) is 6. The molecule has 1 aromatic heterocycles. The highest BCUT2D eigenvalue weighted by molar-refractivity contribution is 7.12. The number of esters is 2. The standard InChI is InChI=1S/C12H16O5S/c1-4-8-5-6-18-10(8)12(14)17-9(7-15-2)11(13)16-3/h5-6,9H,4,7H2,1-3H3/t9-/m0/s1. The lowest BCUT2D eigenvalue weighted by Crippen LogP contribution is -2.32. The highest BCUT2D eigenvalue weighted by Crippen LogP contribution is 2.19. The molecule has 0 aliphatic carbocycles. The molecule has 1 aromatic rings. The normalized spacial score (nSPS) is 11.9. The van der Waals surface area contributed by atoms with Crippen LogP contribution in [0.15, 0.2) is 11.4 Å². The van der Waals surface area contributed by atoms with E-state index in [1.165, 1.54) is 25.6 Å². The number of thiophene rings is 1. The summed E-state index contributed by atoms with van der Waals surface area (Å²) in [5.74, 6) is -1.14. The van der Waals surface area contributed by atoms with Crippen molar-refractivity contribution in [2.24, 2.45) is 0 Å². The Morgan fingerprint density at radius 3 is 2.67 bits per heavy atom. The molecular weight excluding hydrogens is 256 g/mol. The van der Waals surface area contributed by atoms with Crippen LogP contribution in [0, 0.1) is 0 Å². The van der Waals surface area contributed by atoms with E-state index in [0.29, 0.717) is 4.88 Å². The number of carbonyl (C=O) groups excluding carboxylic acids is 2. The molecule has 5 nitrogen and oxygen atoms in total. The van der Waals surface area contributed by atoms with Crippen molar-refractivity contribution in [3.63, 3.8) is 0 Å². The quantitative estimate of drug-likeness (QED) is 0.737. The van der Waals surface area contributed by atoms with Crippen molar-refractivity contribution in [2.75, 3.05) is 20.8 Å². The van der Waals surface area contributed by atoms with Gasteiger partial charge in [0.25, 0.3) is 0 Å². The van der Waals surface area contributed by atoms with Crippen molar-refractivity contribution in [2.45, 2.75) is 19.4 Å². The molecule has 0 saturated heterocycles. The minimum atomic E-state index is -1.03. The van der Waals surface area contributed by atoms with Gasteiger partial charge in [0.2, 0.25) is 6.10 Å². The van der Waals surface area contributed by atoms with E-state index >= 15 is 0 Å². The molecule has 18 heavy (non-hydrogen) atoms. The molecule has 0 bridgehead atoms. The Kier molecular flexibility index (Phi) is 5.80. The largest absolute Gasteiger partial charge is 0.466 e. The molecule has 0 fully saturated rings. The summed E-state index contributed by atoms with van der Waals surface area (Å²) in [5, 5.41) is 1.82. The van der Waals surface area contributed by atoms with Gasteiger partial charge in [-0.05, 0) is 23.4 Å². The third-order valence-electron chi connectivity index (χ3n) is 2.34. The molecule has 0 aromatic carbocycles. The summed E-state index contributed by atoms with van der Waals surface area (Å²) in [6.07, 6.45) is -0.291. The molecule has 1 rings (SSSR count). The summed E-state index contributed by atoms with van der Waals surface area (Å²) in [7, 11) is 2.66. The molecule has 0 radical (unpaired) electrons. The predicted molar refractivity (Wildman–Crippen MR) is 66.8 cm³/mol. The first-order chi connectivity index (χ1) is 8.63. The maximum absolute atomic E-state index is 11.9. The van der Waals surface area contributed by atoms with Crippen molar-refractivity contribution in [1.29, 1.82) is 0 Å². The van der Waals surface area contributed by atoms with E-state index in [4.69, 9.17) is 9.47 Å². The SMILES string of the molecule is CCc1ccsc1C(=O)O[C@@H](COC)C(=O)OC. The van der Waals surface area contributed by atoms with Gasteiger partial charge < -0.3 is 14.2 Å². The van der Waals surface area contributed by atoms with Crippen LogP contribution in [0.5, 0.6) is 0 Å². The molecular formula is C12H16O5S. The molecule has 1 heterocycles. The molecule has 6 heteroatoms. The lowest BCUT2D eigenvalue weighted by molar-refractivity contribution is -0.153. The first kappa shape index (κ1) is 14.7. The van der Waals surface area contributed by atoms with Gasteiger partial charge in [-0.15, -0.1) is 11.3 Å². The van der Waals surface area contributed by atoms with Gasteiger partial charge in [-0.1, -0.05) is 6.92 Å². The van der Waals surface area contributed by atoms with Crippen LogP contribution in [-0.4, -0.2) is 38.9 Å². The number of aryl methyl sites for hydroxylation is 1. The van der Waals surface area contributed by atoms with E-state index in [-0.39, 0.29) is 6.61 Å². The van der Waals surface area contributed by atoms with Crippen LogP contribution < -0.4 is 0 Å². The molecule has 0 spiro atoms. The summed E-state index contributed by atoms with van der Waals surface area (Å²) >= 11 is 1.29. The number of hydrogen-bond donors (Lipinski definition) is 0. The number of carbonyl (C=O) groups is 2. The zero-order valence-electron chi connectivity index (χ0n) is 10.6. The third kappa shape index (κ3) is 3.54. The monoisotopic (exact) mass is 272 g/mol. The van der Waals surface area contributed by atoms with Crippen molar-refractivity contribution < 1.29 is 23.8 Å². The Labute approximate surface area is 110 Å². The summed E-state index contributed by atoms with van der Waals surface area (Å²) in [6.45, 7) is 1.93. The lowest BCUT2D eigenvalue weighted by Gasteiger charge is -2.14. The second-order valence-electron chi connectivity index (χ2n) is 3.50. The Morgan fingerprint density at radius 2 is 2.11 bits per heavy atom. The maximum Gasteiger partial charge on any atom is 0.349 e. The minimum absolute atomic E-state index is 0.0226. The first-order valence-corrected chi connectivity index (χ1v) is 6.36. The molecule has 0 aliphatic rings. The Bertz CT molecular complexity index is 412. The molecule has 0 amide bonds. The molecule has 0 unspecified atom stereocenters. The van der Waals surface area contributed by atoms with Gasteiger partial charge in [-0.3, -0.25) is 0 Å². The van der Waals surface area contributed by atoms with Crippen LogP contribution in [0.4, 0.5) is 0 Å². The summed E-state index contributed by atoms with van der Waals surface area (Å²) in [5.41, 5.74) is 0.908. The number of methoxy groups -OCH3 is 2. The zero-order chi connectivity index (χ0) is 13.5. The van der Waals surface area contributed by atoms with Crippen LogP contribution in [0.3, 0.4) is 0 Å². The third-order valence-corrected chi connectivity index (χ3v) is 3.28. The first-order valence-electron chi connectivity index (χ1n) is 5.48. The van der Waals surface area contributed by atoms with E-state index in [0.717, 1.165) is 12.0 Å². The van der Waals surface area contributed by atoms with Crippen LogP contribution >= 0.6 is 11.3 Å². The van der Waals surface area contributed by atoms with Crippen molar-refractivity contribution >= 4 is 23.3 Å². The Balaban J connectivity index is 2.75. The van der Waals surface area contributed by atoms with Crippen LogP contribution in [0.25, 0.3) is 0 Å². The van der Waals surface area contributed by atoms with E-state index in [9.17, 15) is 9.59 Å². The minimum Gasteiger partial charge on any atom is -0.466 e. The average molecular weight is 272 g/mol. The average Bonchev–Trinajstić information content (AvgIpc) is 2.85. The van der Waals surface area contributed by atoms with Gasteiger partial charge >= 0.3 is 11.9 Å². The smallest absolute Gasteiger partial charge is 0.349 e. The van der Waals surface area contributed by atoms with Gasteiger partial charge in [0.1, 0.15) is 4.88 Å². The molecule has 0 aliphatic heterocycles. The van der Waals surface area contributed by atoms with Gasteiger partial charge in [-0.25, -0.2) is 9.59 Å². The fourth-order valence-corrected chi connectivity index (χ4v) is 2.29. The summed E-state index contributed by atoms with van der Waals surface area (Å²) in [6, 6.07) is 1.87. The summed E-state index contributed by atoms with van der Waals surface area (Å²) in [4.78, 5) is 23.8. The topological polar surface area (TPSA) is 61.8 Å². The van der Waals surface area contributed by atoms with Crippen molar-refractivity contribution in [3.05, 3.63) is 21.9 Å². The molecule has 100 valence electrons. The predicted octanol–water partition coefficient (Wildman–Crippen LogP) is 1.66. The van der Waals surface area contributed by atoms with Gasteiger partial charge in [-0.2, -0.15) is 0 Å². The van der Waals surface area contributed by atoms with Crippen LogP contribution in [0.1, 0.15) is 22.2 Å². The number of rotatable bonds is 6. The molecule has 1 atom stereocenters. The maximum atomic E-state index is 11.9. The second kappa shape index (κ2) is 7.13. The fourth-order valence-electron chi connectivity index (χ4n) is 1.41. The van der Waals surface area contributed by atoms with Gasteiger partial charge in [0, 0.05) is 7.11 Å². The lowest BCUT2D eigenvalue weighted by atomic mass is 10.2. The summed E-state index contributed by atoms with van der Waals surface area (Å²) < 4.78 is 14.5. The van der Waals surface area contributed by atoms with Gasteiger partial charge in [0.15, 0.2) is 0 Å². The highest BCUT2D eigenvalue weighted by atomic mass is 32.1. The van der Waals surface area contributed by atoms with Crippen LogP contribution in [-0.2, 0) is 25.4 Å². The van der Waals surface area contributed by atoms with E-state index < -0.39 is 18.0 Å². The van der Waals surface area contributed by atoms with Crippen molar-refractivity contribution in [1.82, 2.24) is 0 Å². The van der Waals surface area contributed by atoms with Crippen LogP contribution in [0.2, 0.25) is 0 Å². The Morgan fingerprint density at radius 1 is 1.39 bits per heavy atom. The molecule has 0 saturated carbocycles. The van der Waals surface area contributed by atoms with Gasteiger partial charge in [0.05, 0.1) is 13.7 Å². The Hall–Kier alpha value is -1.40. The van der Waals surface area contributed by atoms with Crippen molar-refractivity contribution in [3.8, 4) is 0 Å². The van der Waals surface area contributed by atoms with E-state index in [1.54, 1.807) is 0 Å². The van der Waals surface area contributed by atoms with E-state index in [1.807, 2.05) is 18.4 Å². The second-order valence-corrected chi connectivity index (χ2v) is 4.42. The zero-order valence-corrected chi connectivity index (χ0v) is 11.4. The molecule has 0 N–H and O–H groups in total. The fraction of sp³-hybridized carbons (Fsp3) is 0.500. The van der Waals surface area contributed by atoms with E-state index in [2.05, 4.69) is 4.74 Å².